The summed E-state index contributed by atoms with van der Waals surface area (Å²) in [4.78, 5) is 17.1. The topological polar surface area (TPSA) is 71.5 Å². The van der Waals surface area contributed by atoms with Crippen molar-refractivity contribution in [1.29, 1.82) is 0 Å². The number of thiophene rings is 1. The van der Waals surface area contributed by atoms with Gasteiger partial charge in [-0.15, -0.1) is 11.3 Å². The summed E-state index contributed by atoms with van der Waals surface area (Å²) in [5.74, 6) is -0.0170. The van der Waals surface area contributed by atoms with Gasteiger partial charge in [-0.05, 0) is 37.4 Å². The van der Waals surface area contributed by atoms with Gasteiger partial charge in [-0.2, -0.15) is 0 Å². The molecule has 112 valence electrons. The lowest BCUT2D eigenvalue weighted by atomic mass is 10.1. The zero-order chi connectivity index (χ0) is 15.3. The summed E-state index contributed by atoms with van der Waals surface area (Å²) in [5.41, 5.74) is -0.737. The SMILES string of the molecule is CCOc1ncccc1C(=O)NCC(C)(O)c1cccs1. The number of carbonyl (C=O) groups is 1. The van der Waals surface area contributed by atoms with Crippen molar-refractivity contribution in [2.24, 2.45) is 0 Å². The molecule has 0 saturated heterocycles. The van der Waals surface area contributed by atoms with Crippen LogP contribution in [0.4, 0.5) is 0 Å². The number of nitrogens with one attached hydrogen (secondary N) is 1. The highest BCUT2D eigenvalue weighted by atomic mass is 32.1. The fourth-order valence-electron chi connectivity index (χ4n) is 1.84. The van der Waals surface area contributed by atoms with Crippen LogP contribution in [0.2, 0.25) is 0 Å². The van der Waals surface area contributed by atoms with Gasteiger partial charge in [0.1, 0.15) is 11.2 Å². The normalized spacial score (nSPS) is 13.5. The Morgan fingerprint density at radius 3 is 2.95 bits per heavy atom. The molecule has 2 aromatic heterocycles. The van der Waals surface area contributed by atoms with Gasteiger partial charge in [-0.3, -0.25) is 4.79 Å². The molecule has 2 N–H and O–H groups in total. The summed E-state index contributed by atoms with van der Waals surface area (Å²) in [5, 5.41) is 15.0. The van der Waals surface area contributed by atoms with Crippen LogP contribution in [0.25, 0.3) is 0 Å². The third kappa shape index (κ3) is 3.80. The summed E-state index contributed by atoms with van der Waals surface area (Å²) < 4.78 is 5.33. The van der Waals surface area contributed by atoms with E-state index in [1.807, 2.05) is 24.4 Å². The van der Waals surface area contributed by atoms with E-state index in [1.165, 1.54) is 11.3 Å². The van der Waals surface area contributed by atoms with Gasteiger partial charge in [0, 0.05) is 11.1 Å². The van der Waals surface area contributed by atoms with Crippen molar-refractivity contribution in [2.45, 2.75) is 19.4 Å². The molecule has 1 unspecified atom stereocenters. The molecule has 0 saturated carbocycles. The van der Waals surface area contributed by atoms with Crippen LogP contribution in [-0.2, 0) is 5.60 Å². The van der Waals surface area contributed by atoms with Gasteiger partial charge in [-0.25, -0.2) is 4.98 Å². The first kappa shape index (κ1) is 15.5. The molecule has 0 aliphatic carbocycles. The first-order valence-corrected chi connectivity index (χ1v) is 7.55. The fourth-order valence-corrected chi connectivity index (χ4v) is 2.62. The number of amides is 1. The number of pyridine rings is 1. The Labute approximate surface area is 127 Å². The average molecular weight is 306 g/mol. The second-order valence-corrected chi connectivity index (χ2v) is 5.67. The lowest BCUT2D eigenvalue weighted by molar-refractivity contribution is 0.0555. The number of aliphatic hydroxyl groups is 1. The van der Waals surface area contributed by atoms with Crippen LogP contribution in [0.15, 0.2) is 35.8 Å². The minimum Gasteiger partial charge on any atom is -0.477 e. The molecule has 0 radical (unpaired) electrons. The zero-order valence-electron chi connectivity index (χ0n) is 12.0. The van der Waals surface area contributed by atoms with Crippen molar-refractivity contribution in [3.63, 3.8) is 0 Å². The van der Waals surface area contributed by atoms with Crippen molar-refractivity contribution in [3.8, 4) is 5.88 Å². The van der Waals surface area contributed by atoms with Crippen molar-refractivity contribution < 1.29 is 14.6 Å². The Hall–Kier alpha value is -1.92. The van der Waals surface area contributed by atoms with Crippen molar-refractivity contribution in [2.75, 3.05) is 13.2 Å². The number of carbonyl (C=O) groups excluding carboxylic acids is 1. The van der Waals surface area contributed by atoms with E-state index in [4.69, 9.17) is 4.74 Å². The van der Waals surface area contributed by atoms with Gasteiger partial charge in [-0.1, -0.05) is 6.07 Å². The predicted molar refractivity (Wildman–Crippen MR) is 81.6 cm³/mol. The van der Waals surface area contributed by atoms with Gasteiger partial charge in [0.25, 0.3) is 5.91 Å². The van der Waals surface area contributed by atoms with Gasteiger partial charge < -0.3 is 15.2 Å². The summed E-state index contributed by atoms with van der Waals surface area (Å²) >= 11 is 1.45. The predicted octanol–water partition coefficient (Wildman–Crippen LogP) is 2.18. The zero-order valence-corrected chi connectivity index (χ0v) is 12.8. The van der Waals surface area contributed by atoms with Crippen LogP contribution >= 0.6 is 11.3 Å². The lowest BCUT2D eigenvalue weighted by Gasteiger charge is -2.22. The Bertz CT molecular complexity index is 597. The first-order chi connectivity index (χ1) is 10.0. The summed E-state index contributed by atoms with van der Waals surface area (Å²) in [6, 6.07) is 7.03. The Balaban J connectivity index is 2.05. The van der Waals surface area contributed by atoms with Crippen LogP contribution in [-0.4, -0.2) is 29.1 Å². The van der Waals surface area contributed by atoms with Gasteiger partial charge in [0.2, 0.25) is 5.88 Å². The van der Waals surface area contributed by atoms with Crippen LogP contribution in [0.5, 0.6) is 5.88 Å². The molecular weight excluding hydrogens is 288 g/mol. The minimum absolute atomic E-state index is 0.118. The standard InChI is InChI=1S/C15H18N2O3S/c1-3-20-14-11(6-4-8-16-14)13(18)17-10-15(2,19)12-7-5-9-21-12/h4-9,19H,3,10H2,1-2H3,(H,17,18). The maximum Gasteiger partial charge on any atom is 0.256 e. The van der Waals surface area contributed by atoms with Crippen LogP contribution < -0.4 is 10.1 Å². The number of hydrogen-bond donors (Lipinski definition) is 2. The van der Waals surface area contributed by atoms with Crippen molar-refractivity contribution >= 4 is 17.2 Å². The van der Waals surface area contributed by atoms with Gasteiger partial charge in [0.05, 0.1) is 13.2 Å². The molecule has 0 aromatic carbocycles. The van der Waals surface area contributed by atoms with E-state index in [9.17, 15) is 9.90 Å². The molecule has 6 heteroatoms. The van der Waals surface area contributed by atoms with E-state index in [-0.39, 0.29) is 12.5 Å². The number of hydrogen-bond acceptors (Lipinski definition) is 5. The van der Waals surface area contributed by atoms with E-state index >= 15 is 0 Å². The van der Waals surface area contributed by atoms with E-state index in [2.05, 4.69) is 10.3 Å². The highest BCUT2D eigenvalue weighted by Gasteiger charge is 2.25. The molecule has 0 bridgehead atoms. The van der Waals surface area contributed by atoms with Crippen LogP contribution in [0, 0.1) is 0 Å². The molecule has 2 aromatic rings. The van der Waals surface area contributed by atoms with Crippen molar-refractivity contribution in [1.82, 2.24) is 10.3 Å². The quantitative estimate of drug-likeness (QED) is 0.858. The molecule has 5 nitrogen and oxygen atoms in total. The highest BCUT2D eigenvalue weighted by molar-refractivity contribution is 7.10. The van der Waals surface area contributed by atoms with E-state index in [0.717, 1.165) is 4.88 Å². The molecular formula is C15H18N2O3S. The second kappa shape index (κ2) is 6.69. The summed E-state index contributed by atoms with van der Waals surface area (Å²) in [6.07, 6.45) is 1.57. The molecule has 1 atom stereocenters. The number of nitrogens with zero attached hydrogens (tertiary/aromatic N) is 1. The Morgan fingerprint density at radius 2 is 2.29 bits per heavy atom. The monoisotopic (exact) mass is 306 g/mol. The largest absolute Gasteiger partial charge is 0.477 e. The van der Waals surface area contributed by atoms with Gasteiger partial charge >= 0.3 is 0 Å². The summed E-state index contributed by atoms with van der Waals surface area (Å²) in [7, 11) is 0. The molecule has 0 spiro atoms. The molecule has 0 aliphatic heterocycles. The average Bonchev–Trinajstić information content (AvgIpc) is 3.01. The lowest BCUT2D eigenvalue weighted by Crippen LogP contribution is -2.38. The smallest absolute Gasteiger partial charge is 0.256 e. The maximum absolute atomic E-state index is 12.2. The number of aromatic nitrogens is 1. The van der Waals surface area contributed by atoms with Crippen molar-refractivity contribution in [3.05, 3.63) is 46.3 Å². The number of ether oxygens (including phenoxy) is 1. The number of rotatable bonds is 6. The Morgan fingerprint density at radius 1 is 1.48 bits per heavy atom. The molecule has 21 heavy (non-hydrogen) atoms. The fraction of sp³-hybridized carbons (Fsp3) is 0.333. The molecule has 2 rings (SSSR count). The highest BCUT2D eigenvalue weighted by Crippen LogP contribution is 2.24. The van der Waals surface area contributed by atoms with Crippen LogP contribution in [0.1, 0.15) is 29.1 Å². The maximum atomic E-state index is 12.2. The molecule has 2 heterocycles. The van der Waals surface area contributed by atoms with E-state index in [0.29, 0.717) is 18.1 Å². The molecule has 0 fully saturated rings. The second-order valence-electron chi connectivity index (χ2n) is 4.72. The van der Waals surface area contributed by atoms with E-state index < -0.39 is 5.60 Å². The Kier molecular flexibility index (Phi) is 4.93. The van der Waals surface area contributed by atoms with Gasteiger partial charge in [0.15, 0.2) is 0 Å². The summed E-state index contributed by atoms with van der Waals surface area (Å²) in [6.45, 7) is 4.06. The molecule has 1 amide bonds. The van der Waals surface area contributed by atoms with E-state index in [1.54, 1.807) is 25.3 Å². The molecule has 0 aliphatic rings. The first-order valence-electron chi connectivity index (χ1n) is 6.67. The third-order valence-electron chi connectivity index (χ3n) is 2.94. The minimum atomic E-state index is -1.10. The third-order valence-corrected chi connectivity index (χ3v) is 4.06. The van der Waals surface area contributed by atoms with Crippen LogP contribution in [0.3, 0.4) is 0 Å².